The van der Waals surface area contributed by atoms with Gasteiger partial charge in [0.05, 0.1) is 19.8 Å². The summed E-state index contributed by atoms with van der Waals surface area (Å²) in [6.07, 6.45) is 2.37. The van der Waals surface area contributed by atoms with Crippen molar-refractivity contribution in [1.82, 2.24) is 9.97 Å². The zero-order valence-corrected chi connectivity index (χ0v) is 19.6. The van der Waals surface area contributed by atoms with Gasteiger partial charge in [0.1, 0.15) is 12.5 Å². The molecule has 0 aliphatic heterocycles. The van der Waals surface area contributed by atoms with E-state index >= 15 is 0 Å². The maximum atomic E-state index is 11.4. The van der Waals surface area contributed by atoms with Gasteiger partial charge in [-0.15, -0.1) is 0 Å². The molecule has 0 radical (unpaired) electrons. The Morgan fingerprint density at radius 1 is 0.806 bits per heavy atom. The maximum absolute atomic E-state index is 11.4. The van der Waals surface area contributed by atoms with Crippen LogP contribution in [0.4, 0.5) is 0 Å². The molecule has 184 valence electrons. The number of nitrogens with zero attached hydrogens (tertiary/aromatic N) is 2. The van der Waals surface area contributed by atoms with Gasteiger partial charge in [0.2, 0.25) is 11.8 Å². The molecule has 2 aromatic carbocycles. The molecule has 0 fully saturated rings. The summed E-state index contributed by atoms with van der Waals surface area (Å²) in [5, 5.41) is 26.5. The number of hydrogen-bond donors (Lipinski definition) is 3. The Kier molecular flexibility index (Phi) is 12.3. The van der Waals surface area contributed by atoms with Crippen molar-refractivity contribution in [2.45, 2.75) is 20.1 Å². The van der Waals surface area contributed by atoms with Crippen molar-refractivity contribution >= 4 is 11.9 Å². The fraction of sp³-hybridized carbons (Fsp3) is 0.167. The number of ether oxygens (including phenoxy) is 1. The van der Waals surface area contributed by atoms with Crippen LogP contribution in [0.3, 0.4) is 0 Å². The van der Waals surface area contributed by atoms with Crippen molar-refractivity contribution in [3.8, 4) is 22.9 Å². The number of rotatable bonds is 7. The minimum atomic E-state index is -1.12. The van der Waals surface area contributed by atoms with Crippen LogP contribution >= 0.6 is 0 Å². The zero-order chi connectivity index (χ0) is 24.5. The number of carboxylic acids is 1. The summed E-state index contributed by atoms with van der Waals surface area (Å²) in [4.78, 5) is 29.9. The normalized spacial score (nSPS) is 9.75. The molecule has 0 aliphatic rings. The molecular formula is C24H23LiN2O9. The molecule has 0 spiro atoms. The van der Waals surface area contributed by atoms with E-state index in [0.29, 0.717) is 18.1 Å². The predicted octanol–water partition coefficient (Wildman–Crippen LogP) is 0.370. The molecular weight excluding hydrogens is 467 g/mol. The van der Waals surface area contributed by atoms with Gasteiger partial charge in [-0.1, -0.05) is 24.3 Å². The molecule has 4 aromatic rings. The van der Waals surface area contributed by atoms with Gasteiger partial charge in [-0.25, -0.2) is 19.6 Å². The second kappa shape index (κ2) is 14.6. The second-order valence-electron chi connectivity index (χ2n) is 6.81. The summed E-state index contributed by atoms with van der Waals surface area (Å²) >= 11 is 0. The van der Waals surface area contributed by atoms with E-state index in [1.165, 1.54) is 6.26 Å². The van der Waals surface area contributed by atoms with Crippen LogP contribution in [0.15, 0.2) is 69.9 Å². The third-order valence-electron chi connectivity index (χ3n) is 4.48. The van der Waals surface area contributed by atoms with Gasteiger partial charge in [-0.05, 0) is 42.3 Å². The topological polar surface area (TPSA) is 186 Å². The Labute approximate surface area is 217 Å². The van der Waals surface area contributed by atoms with Gasteiger partial charge in [0.25, 0.3) is 0 Å². The van der Waals surface area contributed by atoms with E-state index in [2.05, 4.69) is 9.97 Å². The summed E-state index contributed by atoms with van der Waals surface area (Å²) < 4.78 is 15.1. The van der Waals surface area contributed by atoms with Crippen LogP contribution in [0.5, 0.6) is 0 Å². The van der Waals surface area contributed by atoms with Crippen LogP contribution in [0.1, 0.15) is 39.0 Å². The average Bonchev–Trinajstić information content (AvgIpc) is 3.56. The van der Waals surface area contributed by atoms with Crippen LogP contribution in [-0.4, -0.2) is 49.3 Å². The minimum absolute atomic E-state index is 0. The molecule has 0 saturated heterocycles. The smallest absolute Gasteiger partial charge is 0.870 e. The number of aromatic carboxylic acids is 1. The Morgan fingerprint density at radius 2 is 1.22 bits per heavy atom. The predicted molar refractivity (Wildman–Crippen MR) is 121 cm³/mol. The third kappa shape index (κ3) is 7.91. The van der Waals surface area contributed by atoms with Crippen molar-refractivity contribution < 1.29 is 62.8 Å². The average molecular weight is 490 g/mol. The van der Waals surface area contributed by atoms with Crippen molar-refractivity contribution in [2.75, 3.05) is 6.61 Å². The van der Waals surface area contributed by atoms with Crippen molar-refractivity contribution in [1.29, 1.82) is 0 Å². The van der Waals surface area contributed by atoms with E-state index in [1.54, 1.807) is 55.5 Å². The molecule has 0 aliphatic carbocycles. The van der Waals surface area contributed by atoms with Crippen LogP contribution in [0, 0.1) is 0 Å². The van der Waals surface area contributed by atoms with E-state index in [9.17, 15) is 9.59 Å². The van der Waals surface area contributed by atoms with Crippen molar-refractivity contribution in [3.05, 3.63) is 83.6 Å². The first-order valence-electron chi connectivity index (χ1n) is 10.2. The van der Waals surface area contributed by atoms with E-state index in [1.807, 2.05) is 0 Å². The molecule has 0 amide bonds. The molecule has 4 N–H and O–H groups in total. The molecule has 12 heteroatoms. The first-order valence-corrected chi connectivity index (χ1v) is 10.2. The molecule has 2 aromatic heterocycles. The Balaban J connectivity index is 0.000000343. The number of aliphatic hydroxyl groups is 2. The monoisotopic (exact) mass is 490 g/mol. The molecule has 0 unspecified atom stereocenters. The molecule has 4 rings (SSSR count). The number of hydrogen-bond acceptors (Lipinski definition) is 10. The Morgan fingerprint density at radius 3 is 1.58 bits per heavy atom. The molecule has 0 saturated carbocycles. The van der Waals surface area contributed by atoms with Crippen LogP contribution in [-0.2, 0) is 18.0 Å². The summed E-state index contributed by atoms with van der Waals surface area (Å²) in [6, 6.07) is 13.9. The van der Waals surface area contributed by atoms with Crippen molar-refractivity contribution in [2.24, 2.45) is 0 Å². The van der Waals surface area contributed by atoms with Gasteiger partial charge in [-0.3, -0.25) is 0 Å². The molecule has 11 nitrogen and oxygen atoms in total. The van der Waals surface area contributed by atoms with Crippen LogP contribution < -0.4 is 18.9 Å². The number of carbonyl (C=O) groups is 2. The third-order valence-corrected chi connectivity index (χ3v) is 4.48. The number of carbonyl (C=O) groups excluding carboxylic acids is 1. The van der Waals surface area contributed by atoms with Gasteiger partial charge in [0, 0.05) is 11.1 Å². The van der Waals surface area contributed by atoms with E-state index in [-0.39, 0.29) is 54.8 Å². The van der Waals surface area contributed by atoms with E-state index in [0.717, 1.165) is 23.0 Å². The van der Waals surface area contributed by atoms with Gasteiger partial charge < -0.3 is 34.4 Å². The SMILES string of the molecule is CCOC(=O)c1coc(-c2ccc(CO)cc2)n1.O=C(O)c1coc(-c2ccc(CO)cc2)n1.[Li+].[OH-]. The first kappa shape index (κ1) is 30.3. The number of benzene rings is 2. The first-order chi connectivity index (χ1) is 16.4. The number of carboxylic acid groups (broad SMARTS) is 1. The zero-order valence-electron chi connectivity index (χ0n) is 19.6. The maximum Gasteiger partial charge on any atom is 1.00 e. The number of aliphatic hydroxyl groups excluding tert-OH is 2. The Bertz CT molecular complexity index is 1240. The molecule has 0 bridgehead atoms. The van der Waals surface area contributed by atoms with Crippen molar-refractivity contribution in [3.63, 3.8) is 0 Å². The number of aromatic nitrogens is 2. The van der Waals surface area contributed by atoms with E-state index in [4.69, 9.17) is 28.9 Å². The fourth-order valence-corrected chi connectivity index (χ4v) is 2.72. The summed E-state index contributed by atoms with van der Waals surface area (Å²) in [7, 11) is 0. The largest absolute Gasteiger partial charge is 1.00 e. The molecule has 0 atom stereocenters. The second-order valence-corrected chi connectivity index (χ2v) is 6.81. The summed E-state index contributed by atoms with van der Waals surface area (Å²) in [5.74, 6) is -1.02. The standard InChI is InChI=1S/C13H13NO4.C11H9NO4.Li.H2O/c1-2-17-13(16)11-8-18-12(14-11)10-5-3-9(7-15)4-6-10;13-5-7-1-3-8(4-2-7)10-12-9(6-16-10)11(14)15;;/h3-6,8,15H,2,7H2,1H3;1-4,6,13H,5H2,(H,14,15);;1H2/q;;+1;/p-1. The number of oxazole rings is 2. The molecule has 2 heterocycles. The molecule has 36 heavy (non-hydrogen) atoms. The summed E-state index contributed by atoms with van der Waals surface area (Å²) in [6.45, 7) is 1.98. The minimum Gasteiger partial charge on any atom is -0.870 e. The summed E-state index contributed by atoms with van der Waals surface area (Å²) in [5.41, 5.74) is 3.01. The van der Waals surface area contributed by atoms with Gasteiger partial charge in [0.15, 0.2) is 11.4 Å². The van der Waals surface area contributed by atoms with Crippen LogP contribution in [0.2, 0.25) is 0 Å². The quantitative estimate of drug-likeness (QED) is 0.240. The fourth-order valence-electron chi connectivity index (χ4n) is 2.72. The van der Waals surface area contributed by atoms with E-state index < -0.39 is 11.9 Å². The van der Waals surface area contributed by atoms with Crippen LogP contribution in [0.25, 0.3) is 22.9 Å². The van der Waals surface area contributed by atoms with Gasteiger partial charge in [-0.2, -0.15) is 0 Å². The van der Waals surface area contributed by atoms with Gasteiger partial charge >= 0.3 is 30.8 Å². The number of esters is 1. The Hall–Kier alpha value is -3.72.